The summed E-state index contributed by atoms with van der Waals surface area (Å²) in [5.41, 5.74) is 1.16. The van der Waals surface area contributed by atoms with E-state index < -0.39 is 5.91 Å². The van der Waals surface area contributed by atoms with E-state index in [1.54, 1.807) is 6.92 Å². The van der Waals surface area contributed by atoms with Crippen LogP contribution in [0.3, 0.4) is 0 Å². The third kappa shape index (κ3) is 1.91. The lowest BCUT2D eigenvalue weighted by Gasteiger charge is -2.01. The van der Waals surface area contributed by atoms with Gasteiger partial charge in [0.1, 0.15) is 0 Å². The van der Waals surface area contributed by atoms with Crippen molar-refractivity contribution in [2.24, 2.45) is 0 Å². The van der Waals surface area contributed by atoms with Gasteiger partial charge in [-0.2, -0.15) is 5.10 Å². The van der Waals surface area contributed by atoms with Gasteiger partial charge in [-0.3, -0.25) is 14.8 Å². The zero-order valence-corrected chi connectivity index (χ0v) is 7.02. The van der Waals surface area contributed by atoms with Crippen LogP contribution in [0.2, 0.25) is 0 Å². The summed E-state index contributed by atoms with van der Waals surface area (Å²) >= 11 is 0. The number of hydrogen-bond donors (Lipinski definition) is 2. The van der Waals surface area contributed by atoms with Crippen molar-refractivity contribution in [3.05, 3.63) is 28.2 Å². The molecule has 0 aliphatic rings. The molecule has 0 aliphatic heterocycles. The van der Waals surface area contributed by atoms with Crippen molar-refractivity contribution < 1.29 is 10.0 Å². The van der Waals surface area contributed by atoms with Gasteiger partial charge >= 0.3 is 0 Å². The fourth-order valence-corrected chi connectivity index (χ4v) is 0.854. The zero-order chi connectivity index (χ0) is 9.84. The molecule has 1 amide bonds. The number of hydrogen-bond acceptors (Lipinski definition) is 4. The monoisotopic (exact) mass is 183 g/mol. The molecule has 0 aliphatic carbocycles. The minimum absolute atomic E-state index is 0.00366. The van der Waals surface area contributed by atoms with Crippen molar-refractivity contribution in [2.75, 3.05) is 0 Å². The SMILES string of the molecule is CCn1nc(C(=O)NO)ccc1=O. The normalized spacial score (nSPS) is 9.69. The van der Waals surface area contributed by atoms with Gasteiger partial charge in [-0.15, -0.1) is 0 Å². The molecular weight excluding hydrogens is 174 g/mol. The molecule has 0 fully saturated rings. The van der Waals surface area contributed by atoms with Gasteiger partial charge in [0.05, 0.1) is 0 Å². The standard InChI is InChI=1S/C7H9N3O3/c1-2-10-6(11)4-3-5(8-10)7(12)9-13/h3-4,13H,2H2,1H3,(H,9,12). The Morgan fingerprint density at radius 1 is 1.69 bits per heavy atom. The zero-order valence-electron chi connectivity index (χ0n) is 7.02. The molecule has 1 rings (SSSR count). The lowest BCUT2D eigenvalue weighted by molar-refractivity contribution is 0.0698. The molecule has 0 bridgehead atoms. The van der Waals surface area contributed by atoms with Crippen LogP contribution in [0.5, 0.6) is 0 Å². The third-order valence-electron chi connectivity index (χ3n) is 1.50. The Labute approximate surface area is 73.8 Å². The number of rotatable bonds is 2. The summed E-state index contributed by atoms with van der Waals surface area (Å²) in [4.78, 5) is 21.9. The second-order valence-electron chi connectivity index (χ2n) is 2.31. The van der Waals surface area contributed by atoms with E-state index in [0.717, 1.165) is 4.68 Å². The van der Waals surface area contributed by atoms with Crippen LogP contribution in [-0.2, 0) is 6.54 Å². The number of hydroxylamine groups is 1. The summed E-state index contributed by atoms with van der Waals surface area (Å²) < 4.78 is 1.13. The number of nitrogens with zero attached hydrogens (tertiary/aromatic N) is 2. The topological polar surface area (TPSA) is 84.2 Å². The molecule has 0 aromatic carbocycles. The van der Waals surface area contributed by atoms with Gasteiger partial charge in [0.2, 0.25) is 0 Å². The van der Waals surface area contributed by atoms with Crippen LogP contribution in [0, 0.1) is 0 Å². The van der Waals surface area contributed by atoms with Crippen LogP contribution >= 0.6 is 0 Å². The van der Waals surface area contributed by atoms with Crippen molar-refractivity contribution >= 4 is 5.91 Å². The van der Waals surface area contributed by atoms with Gasteiger partial charge in [-0.05, 0) is 13.0 Å². The van der Waals surface area contributed by atoms with E-state index in [4.69, 9.17) is 5.21 Å². The summed E-state index contributed by atoms with van der Waals surface area (Å²) in [6.45, 7) is 2.11. The van der Waals surface area contributed by atoms with Crippen LogP contribution in [0.1, 0.15) is 17.4 Å². The Morgan fingerprint density at radius 3 is 2.92 bits per heavy atom. The number of amides is 1. The van der Waals surface area contributed by atoms with Crippen LogP contribution in [0.4, 0.5) is 0 Å². The smallest absolute Gasteiger partial charge is 0.288 e. The maximum atomic E-state index is 11.0. The Hall–Kier alpha value is -1.69. The first-order valence-corrected chi connectivity index (χ1v) is 3.71. The molecule has 70 valence electrons. The van der Waals surface area contributed by atoms with E-state index in [9.17, 15) is 9.59 Å². The predicted molar refractivity (Wildman–Crippen MR) is 43.4 cm³/mol. The molecule has 2 N–H and O–H groups in total. The molecular formula is C7H9N3O3. The molecule has 0 saturated carbocycles. The molecule has 1 aromatic heterocycles. The summed E-state index contributed by atoms with van der Waals surface area (Å²) in [6, 6.07) is 2.47. The Morgan fingerprint density at radius 2 is 2.38 bits per heavy atom. The van der Waals surface area contributed by atoms with Crippen molar-refractivity contribution in [1.82, 2.24) is 15.3 Å². The van der Waals surface area contributed by atoms with Crippen LogP contribution < -0.4 is 11.0 Å². The van der Waals surface area contributed by atoms with E-state index >= 15 is 0 Å². The molecule has 13 heavy (non-hydrogen) atoms. The Kier molecular flexibility index (Phi) is 2.76. The molecule has 0 unspecified atom stereocenters. The van der Waals surface area contributed by atoms with Crippen molar-refractivity contribution in [3.63, 3.8) is 0 Å². The maximum Gasteiger partial charge on any atom is 0.295 e. The molecule has 0 atom stereocenters. The van der Waals surface area contributed by atoms with Gasteiger partial charge in [-0.25, -0.2) is 10.2 Å². The molecule has 1 aromatic rings. The van der Waals surface area contributed by atoms with E-state index in [0.29, 0.717) is 6.54 Å². The number of nitrogens with one attached hydrogen (secondary N) is 1. The van der Waals surface area contributed by atoms with Crippen molar-refractivity contribution in [1.29, 1.82) is 0 Å². The summed E-state index contributed by atoms with van der Waals surface area (Å²) in [5.74, 6) is -0.734. The highest BCUT2D eigenvalue weighted by Crippen LogP contribution is 1.89. The second-order valence-corrected chi connectivity index (χ2v) is 2.31. The molecule has 1 heterocycles. The highest BCUT2D eigenvalue weighted by Gasteiger charge is 2.06. The average Bonchev–Trinajstić information content (AvgIpc) is 2.17. The quantitative estimate of drug-likeness (QED) is 0.473. The first kappa shape index (κ1) is 9.40. The first-order chi connectivity index (χ1) is 6.19. The van der Waals surface area contributed by atoms with E-state index in [1.165, 1.54) is 17.6 Å². The van der Waals surface area contributed by atoms with Gasteiger partial charge < -0.3 is 0 Å². The van der Waals surface area contributed by atoms with Gasteiger partial charge in [0.15, 0.2) is 5.69 Å². The minimum atomic E-state index is -0.734. The Balaban J connectivity index is 3.13. The average molecular weight is 183 g/mol. The maximum absolute atomic E-state index is 11.0. The van der Waals surface area contributed by atoms with Gasteiger partial charge in [0, 0.05) is 12.6 Å². The molecule has 6 heteroatoms. The lowest BCUT2D eigenvalue weighted by Crippen LogP contribution is -2.27. The molecule has 0 saturated heterocycles. The highest BCUT2D eigenvalue weighted by molar-refractivity contribution is 5.90. The van der Waals surface area contributed by atoms with E-state index in [2.05, 4.69) is 5.10 Å². The number of carbonyl (C=O) groups is 1. The molecule has 0 spiro atoms. The summed E-state index contributed by atoms with van der Waals surface area (Å²) in [6.07, 6.45) is 0. The minimum Gasteiger partial charge on any atom is -0.288 e. The second kappa shape index (κ2) is 3.81. The number of aryl methyl sites for hydroxylation is 1. The Bertz CT molecular complexity index is 371. The van der Waals surface area contributed by atoms with Gasteiger partial charge in [0.25, 0.3) is 11.5 Å². The lowest BCUT2D eigenvalue weighted by atomic mass is 10.4. The fraction of sp³-hybridized carbons (Fsp3) is 0.286. The molecule has 6 nitrogen and oxygen atoms in total. The third-order valence-corrected chi connectivity index (χ3v) is 1.50. The highest BCUT2D eigenvalue weighted by atomic mass is 16.5. The van der Waals surface area contributed by atoms with E-state index in [1.807, 2.05) is 0 Å². The largest absolute Gasteiger partial charge is 0.295 e. The van der Waals surface area contributed by atoms with Crippen LogP contribution in [0.25, 0.3) is 0 Å². The summed E-state index contributed by atoms with van der Waals surface area (Å²) in [5, 5.41) is 12.0. The predicted octanol–water partition coefficient (Wildman–Crippen LogP) is -0.618. The van der Waals surface area contributed by atoms with Crippen LogP contribution in [0.15, 0.2) is 16.9 Å². The molecule has 0 radical (unpaired) electrons. The fourth-order valence-electron chi connectivity index (χ4n) is 0.854. The van der Waals surface area contributed by atoms with Crippen LogP contribution in [-0.4, -0.2) is 20.9 Å². The van der Waals surface area contributed by atoms with Gasteiger partial charge in [-0.1, -0.05) is 0 Å². The number of carbonyl (C=O) groups excluding carboxylic acids is 1. The van der Waals surface area contributed by atoms with E-state index in [-0.39, 0.29) is 11.3 Å². The van der Waals surface area contributed by atoms with Crippen molar-refractivity contribution in [3.8, 4) is 0 Å². The first-order valence-electron chi connectivity index (χ1n) is 3.71. The number of aromatic nitrogens is 2. The summed E-state index contributed by atoms with van der Waals surface area (Å²) in [7, 11) is 0. The van der Waals surface area contributed by atoms with Crippen molar-refractivity contribution in [2.45, 2.75) is 13.5 Å².